The molecule has 0 aliphatic heterocycles. The van der Waals surface area contributed by atoms with E-state index >= 15 is 0 Å². The third-order valence-electron chi connectivity index (χ3n) is 2.93. The van der Waals surface area contributed by atoms with E-state index in [9.17, 15) is 4.79 Å². The Morgan fingerprint density at radius 3 is 2.61 bits per heavy atom. The van der Waals surface area contributed by atoms with E-state index in [2.05, 4.69) is 16.4 Å². The van der Waals surface area contributed by atoms with Crippen molar-refractivity contribution in [3.63, 3.8) is 0 Å². The van der Waals surface area contributed by atoms with Crippen LogP contribution in [0.25, 0.3) is 0 Å². The maximum atomic E-state index is 12.0. The fourth-order valence-corrected chi connectivity index (χ4v) is 2.06. The van der Waals surface area contributed by atoms with Crippen LogP contribution < -0.4 is 5.32 Å². The lowest BCUT2D eigenvalue weighted by Gasteiger charge is -2.05. The van der Waals surface area contributed by atoms with Crippen LogP contribution in [0.3, 0.4) is 0 Å². The van der Waals surface area contributed by atoms with Crippen molar-refractivity contribution in [1.29, 1.82) is 0 Å². The van der Waals surface area contributed by atoms with Crippen molar-refractivity contribution in [2.45, 2.75) is 27.3 Å². The summed E-state index contributed by atoms with van der Waals surface area (Å²) >= 11 is 0. The minimum Gasteiger partial charge on any atom is -0.362 e. The summed E-state index contributed by atoms with van der Waals surface area (Å²) in [6.07, 6.45) is 0. The van der Waals surface area contributed by atoms with Gasteiger partial charge in [0, 0.05) is 17.9 Å². The molecule has 2 N–H and O–H groups in total. The van der Waals surface area contributed by atoms with Gasteiger partial charge in [-0.3, -0.25) is 4.79 Å². The zero-order valence-corrected chi connectivity index (χ0v) is 11.0. The second-order valence-electron chi connectivity index (χ2n) is 4.66. The Morgan fingerprint density at radius 2 is 2.00 bits per heavy atom. The average Bonchev–Trinajstić information content (AvgIpc) is 2.66. The van der Waals surface area contributed by atoms with Crippen LogP contribution in [0.2, 0.25) is 0 Å². The zero-order chi connectivity index (χ0) is 13.1. The number of amides is 1. The van der Waals surface area contributed by atoms with Crippen molar-refractivity contribution in [2.75, 3.05) is 0 Å². The fourth-order valence-electron chi connectivity index (χ4n) is 2.06. The number of nitrogens with one attached hydrogen (secondary N) is 2. The standard InChI is InChI=1S/C15H18N2O/c1-10-5-4-6-13(7-10)9-16-15(18)14-8-11(2)17-12(14)3/h4-8,17H,9H2,1-3H3,(H,16,18). The molecular formula is C15H18N2O. The van der Waals surface area contributed by atoms with E-state index in [1.54, 1.807) is 0 Å². The molecule has 1 amide bonds. The summed E-state index contributed by atoms with van der Waals surface area (Å²) in [5.74, 6) is -0.0293. The predicted molar refractivity (Wildman–Crippen MR) is 72.6 cm³/mol. The molecule has 2 rings (SSSR count). The highest BCUT2D eigenvalue weighted by atomic mass is 16.1. The number of carbonyl (C=O) groups is 1. The SMILES string of the molecule is Cc1cccc(CNC(=O)c2cc(C)[nH]c2C)c1. The number of aromatic nitrogens is 1. The number of aryl methyl sites for hydroxylation is 3. The maximum absolute atomic E-state index is 12.0. The molecule has 0 saturated carbocycles. The first kappa shape index (κ1) is 12.4. The largest absolute Gasteiger partial charge is 0.362 e. The Labute approximate surface area is 107 Å². The summed E-state index contributed by atoms with van der Waals surface area (Å²) in [7, 11) is 0. The summed E-state index contributed by atoms with van der Waals surface area (Å²) in [5.41, 5.74) is 4.96. The molecule has 3 nitrogen and oxygen atoms in total. The van der Waals surface area contributed by atoms with Crippen LogP contribution in [0.15, 0.2) is 30.3 Å². The monoisotopic (exact) mass is 242 g/mol. The fraction of sp³-hybridized carbons (Fsp3) is 0.267. The van der Waals surface area contributed by atoms with Crippen molar-refractivity contribution in [3.8, 4) is 0 Å². The summed E-state index contributed by atoms with van der Waals surface area (Å²) < 4.78 is 0. The van der Waals surface area contributed by atoms with E-state index in [4.69, 9.17) is 0 Å². The van der Waals surface area contributed by atoms with Crippen LogP contribution in [-0.2, 0) is 6.54 Å². The molecule has 0 radical (unpaired) electrons. The molecular weight excluding hydrogens is 224 g/mol. The number of aromatic amines is 1. The first-order valence-electron chi connectivity index (χ1n) is 6.06. The van der Waals surface area contributed by atoms with Crippen molar-refractivity contribution >= 4 is 5.91 Å². The van der Waals surface area contributed by atoms with Gasteiger partial charge in [-0.05, 0) is 32.4 Å². The minimum absolute atomic E-state index is 0.0293. The molecule has 94 valence electrons. The van der Waals surface area contributed by atoms with Crippen LogP contribution in [0, 0.1) is 20.8 Å². The Morgan fingerprint density at radius 1 is 1.22 bits per heavy atom. The maximum Gasteiger partial charge on any atom is 0.253 e. The molecule has 18 heavy (non-hydrogen) atoms. The molecule has 2 aromatic rings. The lowest BCUT2D eigenvalue weighted by Crippen LogP contribution is -2.23. The Balaban J connectivity index is 2.03. The van der Waals surface area contributed by atoms with E-state index in [-0.39, 0.29) is 5.91 Å². The molecule has 0 fully saturated rings. The minimum atomic E-state index is -0.0293. The highest BCUT2D eigenvalue weighted by Crippen LogP contribution is 2.09. The first-order valence-corrected chi connectivity index (χ1v) is 6.06. The average molecular weight is 242 g/mol. The van der Waals surface area contributed by atoms with Gasteiger partial charge in [-0.1, -0.05) is 29.8 Å². The molecule has 0 unspecified atom stereocenters. The quantitative estimate of drug-likeness (QED) is 0.854. The normalized spacial score (nSPS) is 10.4. The molecule has 0 atom stereocenters. The van der Waals surface area contributed by atoms with Gasteiger partial charge in [0.25, 0.3) is 5.91 Å². The van der Waals surface area contributed by atoms with E-state index < -0.39 is 0 Å². The van der Waals surface area contributed by atoms with Crippen molar-refractivity contribution in [1.82, 2.24) is 10.3 Å². The number of hydrogen-bond acceptors (Lipinski definition) is 1. The van der Waals surface area contributed by atoms with Gasteiger partial charge in [-0.25, -0.2) is 0 Å². The Hall–Kier alpha value is -2.03. The van der Waals surface area contributed by atoms with Gasteiger partial charge < -0.3 is 10.3 Å². The molecule has 0 aliphatic rings. The molecule has 0 bridgehead atoms. The smallest absolute Gasteiger partial charge is 0.253 e. The highest BCUT2D eigenvalue weighted by Gasteiger charge is 2.10. The highest BCUT2D eigenvalue weighted by molar-refractivity contribution is 5.95. The van der Waals surface area contributed by atoms with Crippen LogP contribution >= 0.6 is 0 Å². The lowest BCUT2D eigenvalue weighted by atomic mass is 10.1. The van der Waals surface area contributed by atoms with Gasteiger partial charge in [0.05, 0.1) is 5.56 Å². The summed E-state index contributed by atoms with van der Waals surface area (Å²) in [5, 5.41) is 2.94. The third-order valence-corrected chi connectivity index (χ3v) is 2.93. The third kappa shape index (κ3) is 2.80. The van der Waals surface area contributed by atoms with Gasteiger partial charge in [0.2, 0.25) is 0 Å². The van der Waals surface area contributed by atoms with Gasteiger partial charge in [-0.2, -0.15) is 0 Å². The van der Waals surface area contributed by atoms with Crippen LogP contribution in [0.4, 0.5) is 0 Å². The number of rotatable bonds is 3. The topological polar surface area (TPSA) is 44.9 Å². The molecule has 1 heterocycles. The van der Waals surface area contributed by atoms with Gasteiger partial charge in [0.1, 0.15) is 0 Å². The van der Waals surface area contributed by atoms with Crippen LogP contribution in [-0.4, -0.2) is 10.9 Å². The summed E-state index contributed by atoms with van der Waals surface area (Å²) in [6.45, 7) is 6.47. The van der Waals surface area contributed by atoms with E-state index in [0.29, 0.717) is 6.54 Å². The van der Waals surface area contributed by atoms with Crippen molar-refractivity contribution < 1.29 is 4.79 Å². The van der Waals surface area contributed by atoms with Gasteiger partial charge >= 0.3 is 0 Å². The molecule has 1 aromatic heterocycles. The zero-order valence-electron chi connectivity index (χ0n) is 11.0. The van der Waals surface area contributed by atoms with Crippen molar-refractivity contribution in [3.05, 3.63) is 58.4 Å². The first-order chi connectivity index (χ1) is 8.56. The van der Waals surface area contributed by atoms with Crippen molar-refractivity contribution in [2.24, 2.45) is 0 Å². The molecule has 0 aliphatic carbocycles. The summed E-state index contributed by atoms with van der Waals surface area (Å²) in [6, 6.07) is 10.0. The molecule has 0 saturated heterocycles. The molecule has 0 spiro atoms. The van der Waals surface area contributed by atoms with E-state index in [1.165, 1.54) is 5.56 Å². The van der Waals surface area contributed by atoms with E-state index in [0.717, 1.165) is 22.5 Å². The van der Waals surface area contributed by atoms with E-state index in [1.807, 2.05) is 45.0 Å². The number of benzene rings is 1. The predicted octanol–water partition coefficient (Wildman–Crippen LogP) is 2.87. The van der Waals surface area contributed by atoms with Gasteiger partial charge in [0.15, 0.2) is 0 Å². The second kappa shape index (κ2) is 5.08. The Kier molecular flexibility index (Phi) is 3.51. The van der Waals surface area contributed by atoms with Crippen LogP contribution in [0.1, 0.15) is 32.9 Å². The number of H-pyrrole nitrogens is 1. The second-order valence-corrected chi connectivity index (χ2v) is 4.66. The number of carbonyl (C=O) groups excluding carboxylic acids is 1. The Bertz CT molecular complexity index is 570. The van der Waals surface area contributed by atoms with Gasteiger partial charge in [-0.15, -0.1) is 0 Å². The molecule has 1 aromatic carbocycles. The molecule has 3 heteroatoms. The lowest BCUT2D eigenvalue weighted by molar-refractivity contribution is 0.0950. The number of hydrogen-bond donors (Lipinski definition) is 2. The van der Waals surface area contributed by atoms with Crippen LogP contribution in [0.5, 0.6) is 0 Å². The summed E-state index contributed by atoms with van der Waals surface area (Å²) in [4.78, 5) is 15.1.